The molecule has 0 saturated heterocycles. The van der Waals surface area contributed by atoms with E-state index in [-0.39, 0.29) is 0 Å². The summed E-state index contributed by atoms with van der Waals surface area (Å²) in [6, 6.07) is 17.2. The van der Waals surface area contributed by atoms with Crippen molar-refractivity contribution in [2.75, 3.05) is 12.3 Å². The predicted molar refractivity (Wildman–Crippen MR) is 87.8 cm³/mol. The summed E-state index contributed by atoms with van der Waals surface area (Å²) in [7, 11) is 0. The van der Waals surface area contributed by atoms with Gasteiger partial charge in [0.25, 0.3) is 0 Å². The third-order valence-corrected chi connectivity index (χ3v) is 5.34. The number of rotatable bonds is 4. The van der Waals surface area contributed by atoms with Crippen LogP contribution in [0.2, 0.25) is 5.02 Å². The molecule has 1 N–H and O–H groups in total. The lowest BCUT2D eigenvalue weighted by molar-refractivity contribution is 0.541. The SMILES string of the molecule is CC(NCC1CSc2ccccc21)c1ccc(Cl)cc1. The lowest BCUT2D eigenvalue weighted by Crippen LogP contribution is -2.24. The molecule has 0 aromatic heterocycles. The number of halogens is 1. The molecule has 104 valence electrons. The minimum absolute atomic E-state index is 0.352. The molecule has 0 radical (unpaired) electrons. The fourth-order valence-corrected chi connectivity index (χ4v) is 3.97. The molecule has 2 aromatic rings. The van der Waals surface area contributed by atoms with E-state index in [0.717, 1.165) is 11.6 Å². The maximum atomic E-state index is 5.93. The second kappa shape index (κ2) is 6.21. The Morgan fingerprint density at radius 3 is 2.75 bits per heavy atom. The Hall–Kier alpha value is -0.960. The second-order valence-electron chi connectivity index (χ2n) is 5.23. The number of hydrogen-bond donors (Lipinski definition) is 1. The molecule has 3 rings (SSSR count). The summed E-state index contributed by atoms with van der Waals surface area (Å²) in [4.78, 5) is 1.44. The van der Waals surface area contributed by atoms with E-state index in [4.69, 9.17) is 11.6 Å². The van der Waals surface area contributed by atoms with Crippen LogP contribution in [0.5, 0.6) is 0 Å². The molecule has 0 saturated carbocycles. The molecule has 0 aliphatic carbocycles. The van der Waals surface area contributed by atoms with Crippen LogP contribution in [0.4, 0.5) is 0 Å². The summed E-state index contributed by atoms with van der Waals surface area (Å²) in [5.41, 5.74) is 2.78. The van der Waals surface area contributed by atoms with Crippen molar-refractivity contribution in [1.82, 2.24) is 5.32 Å². The van der Waals surface area contributed by atoms with Crippen LogP contribution in [0.3, 0.4) is 0 Å². The largest absolute Gasteiger partial charge is 0.310 e. The molecule has 3 heteroatoms. The van der Waals surface area contributed by atoms with Gasteiger partial charge in [0.05, 0.1) is 0 Å². The zero-order chi connectivity index (χ0) is 13.9. The van der Waals surface area contributed by atoms with Gasteiger partial charge in [-0.1, -0.05) is 41.9 Å². The van der Waals surface area contributed by atoms with Crippen molar-refractivity contribution in [3.63, 3.8) is 0 Å². The van der Waals surface area contributed by atoms with Crippen molar-refractivity contribution >= 4 is 23.4 Å². The molecule has 1 nitrogen and oxygen atoms in total. The highest BCUT2D eigenvalue weighted by Crippen LogP contribution is 2.39. The maximum Gasteiger partial charge on any atom is 0.0406 e. The highest BCUT2D eigenvalue weighted by atomic mass is 35.5. The van der Waals surface area contributed by atoms with E-state index in [0.29, 0.717) is 12.0 Å². The molecular formula is C17H18ClNS. The minimum Gasteiger partial charge on any atom is -0.310 e. The monoisotopic (exact) mass is 303 g/mol. The Kier molecular flexibility index (Phi) is 4.35. The normalized spacial score (nSPS) is 18.8. The van der Waals surface area contributed by atoms with Crippen LogP contribution >= 0.6 is 23.4 Å². The van der Waals surface area contributed by atoms with Crippen LogP contribution in [-0.2, 0) is 0 Å². The van der Waals surface area contributed by atoms with Gasteiger partial charge in [0.15, 0.2) is 0 Å². The van der Waals surface area contributed by atoms with Crippen molar-refractivity contribution in [3.05, 3.63) is 64.7 Å². The third kappa shape index (κ3) is 3.03. The predicted octanol–water partition coefficient (Wildman–Crippen LogP) is 4.88. The average Bonchev–Trinajstić information content (AvgIpc) is 2.89. The number of nitrogens with one attached hydrogen (secondary N) is 1. The molecule has 2 aromatic carbocycles. The van der Waals surface area contributed by atoms with Crippen LogP contribution in [0.25, 0.3) is 0 Å². The smallest absolute Gasteiger partial charge is 0.0406 e. The Morgan fingerprint density at radius 1 is 1.20 bits per heavy atom. The minimum atomic E-state index is 0.352. The van der Waals surface area contributed by atoms with E-state index in [1.165, 1.54) is 21.8 Å². The zero-order valence-electron chi connectivity index (χ0n) is 11.5. The van der Waals surface area contributed by atoms with Crippen molar-refractivity contribution < 1.29 is 0 Å². The number of hydrogen-bond acceptors (Lipinski definition) is 2. The number of fused-ring (bicyclic) bond motifs is 1. The summed E-state index contributed by atoms with van der Waals surface area (Å²) in [6.45, 7) is 3.23. The van der Waals surface area contributed by atoms with Crippen LogP contribution in [0, 0.1) is 0 Å². The van der Waals surface area contributed by atoms with Gasteiger partial charge in [0.2, 0.25) is 0 Å². The van der Waals surface area contributed by atoms with Crippen LogP contribution in [-0.4, -0.2) is 12.3 Å². The first kappa shape index (κ1) is 14.0. The molecule has 1 aliphatic rings. The topological polar surface area (TPSA) is 12.0 Å². The number of benzene rings is 2. The van der Waals surface area contributed by atoms with Crippen molar-refractivity contribution in [3.8, 4) is 0 Å². The molecular weight excluding hydrogens is 286 g/mol. The van der Waals surface area contributed by atoms with Crippen LogP contribution in [0.15, 0.2) is 53.4 Å². The van der Waals surface area contributed by atoms with Gasteiger partial charge < -0.3 is 5.32 Å². The Labute approximate surface area is 129 Å². The third-order valence-electron chi connectivity index (χ3n) is 3.84. The zero-order valence-corrected chi connectivity index (χ0v) is 13.0. The molecule has 0 amide bonds. The van der Waals surface area contributed by atoms with E-state index < -0.39 is 0 Å². The quantitative estimate of drug-likeness (QED) is 0.864. The lowest BCUT2D eigenvalue weighted by atomic mass is 10.0. The van der Waals surface area contributed by atoms with E-state index in [9.17, 15) is 0 Å². The fraction of sp³-hybridized carbons (Fsp3) is 0.294. The molecule has 0 spiro atoms. The Morgan fingerprint density at radius 2 is 1.95 bits per heavy atom. The van der Waals surface area contributed by atoms with Gasteiger partial charge in [-0.2, -0.15) is 0 Å². The van der Waals surface area contributed by atoms with Crippen LogP contribution < -0.4 is 5.32 Å². The van der Waals surface area contributed by atoms with Gasteiger partial charge in [-0.3, -0.25) is 0 Å². The van der Waals surface area contributed by atoms with Gasteiger partial charge in [-0.05, 0) is 36.2 Å². The molecule has 1 aliphatic heterocycles. The summed E-state index contributed by atoms with van der Waals surface area (Å²) < 4.78 is 0. The highest BCUT2D eigenvalue weighted by Gasteiger charge is 2.22. The molecule has 2 atom stereocenters. The molecule has 0 bridgehead atoms. The molecule has 0 fully saturated rings. The van der Waals surface area contributed by atoms with E-state index in [1.807, 2.05) is 23.9 Å². The summed E-state index contributed by atoms with van der Waals surface area (Å²) in [5, 5.41) is 4.44. The first-order valence-electron chi connectivity index (χ1n) is 6.94. The molecule has 1 heterocycles. The van der Waals surface area contributed by atoms with Gasteiger partial charge in [0.1, 0.15) is 0 Å². The lowest BCUT2D eigenvalue weighted by Gasteiger charge is -2.18. The fourth-order valence-electron chi connectivity index (χ4n) is 2.59. The van der Waals surface area contributed by atoms with Crippen molar-refractivity contribution in [1.29, 1.82) is 0 Å². The van der Waals surface area contributed by atoms with Gasteiger partial charge in [-0.15, -0.1) is 11.8 Å². The highest BCUT2D eigenvalue weighted by molar-refractivity contribution is 7.99. The maximum absolute atomic E-state index is 5.93. The average molecular weight is 304 g/mol. The van der Waals surface area contributed by atoms with Gasteiger partial charge in [0, 0.05) is 34.2 Å². The number of thioether (sulfide) groups is 1. The first-order chi connectivity index (χ1) is 9.74. The molecule has 2 unspecified atom stereocenters. The van der Waals surface area contributed by atoms with E-state index in [1.54, 1.807) is 0 Å². The summed E-state index contributed by atoms with van der Waals surface area (Å²) in [6.07, 6.45) is 0. The first-order valence-corrected chi connectivity index (χ1v) is 8.31. The Bertz CT molecular complexity index is 582. The van der Waals surface area contributed by atoms with E-state index in [2.05, 4.69) is 48.6 Å². The Balaban J connectivity index is 1.62. The standard InChI is InChI=1S/C17H18ClNS/c1-12(13-6-8-15(18)9-7-13)19-10-14-11-20-17-5-3-2-4-16(14)17/h2-9,12,14,19H,10-11H2,1H3. The van der Waals surface area contributed by atoms with Gasteiger partial charge in [-0.25, -0.2) is 0 Å². The van der Waals surface area contributed by atoms with Crippen molar-refractivity contribution in [2.24, 2.45) is 0 Å². The summed E-state index contributed by atoms with van der Waals surface area (Å²) >= 11 is 7.90. The van der Waals surface area contributed by atoms with Crippen LogP contribution in [0.1, 0.15) is 30.0 Å². The second-order valence-corrected chi connectivity index (χ2v) is 6.73. The molecule has 20 heavy (non-hydrogen) atoms. The van der Waals surface area contributed by atoms with Crippen molar-refractivity contribution in [2.45, 2.75) is 23.8 Å². The van der Waals surface area contributed by atoms with E-state index >= 15 is 0 Å². The summed E-state index contributed by atoms with van der Waals surface area (Å²) in [5.74, 6) is 1.80. The van der Waals surface area contributed by atoms with Gasteiger partial charge >= 0.3 is 0 Å².